The van der Waals surface area contributed by atoms with E-state index in [1.54, 1.807) is 6.08 Å². The van der Waals surface area contributed by atoms with Crippen LogP contribution in [0.3, 0.4) is 0 Å². The van der Waals surface area contributed by atoms with E-state index < -0.39 is 0 Å². The van der Waals surface area contributed by atoms with Crippen LogP contribution in [0, 0.1) is 0 Å². The zero-order chi connectivity index (χ0) is 7.30. The van der Waals surface area contributed by atoms with Crippen LogP contribution in [-0.4, -0.2) is 5.11 Å². The van der Waals surface area contributed by atoms with Gasteiger partial charge in [-0.05, 0) is 22.8 Å². The van der Waals surface area contributed by atoms with E-state index in [1.807, 2.05) is 0 Å². The van der Waals surface area contributed by atoms with Gasteiger partial charge in [-0.1, -0.05) is 13.2 Å². The molecule has 10 heavy (non-hydrogen) atoms. The maximum atomic E-state index is 9.21. The third-order valence-corrected chi connectivity index (χ3v) is 1.99. The van der Waals surface area contributed by atoms with Crippen molar-refractivity contribution in [3.05, 3.63) is 47.3 Å². The molecule has 1 heteroatoms. The van der Waals surface area contributed by atoms with Crippen LogP contribution in [0.5, 0.6) is 0 Å². The second-order valence-corrected chi connectivity index (χ2v) is 2.69. The molecule has 1 N–H and O–H groups in total. The van der Waals surface area contributed by atoms with E-state index in [4.69, 9.17) is 0 Å². The summed E-state index contributed by atoms with van der Waals surface area (Å²) in [5.74, 6) is 0.382. The molecule has 0 fully saturated rings. The molecule has 0 saturated heterocycles. The van der Waals surface area contributed by atoms with Crippen molar-refractivity contribution in [3.63, 3.8) is 0 Å². The van der Waals surface area contributed by atoms with Gasteiger partial charge < -0.3 is 5.11 Å². The smallest absolute Gasteiger partial charge is 0.120 e. The standard InChI is InChI=1S/C9H8O/c1-5-3-7-8(10)4-6(2)9(5)7/h4,10H,1-3H2. The van der Waals surface area contributed by atoms with Crippen molar-refractivity contribution in [2.45, 2.75) is 6.42 Å². The molecule has 0 unspecified atom stereocenters. The summed E-state index contributed by atoms with van der Waals surface area (Å²) >= 11 is 0. The van der Waals surface area contributed by atoms with E-state index >= 15 is 0 Å². The summed E-state index contributed by atoms with van der Waals surface area (Å²) in [6.45, 7) is 7.61. The molecule has 2 aliphatic carbocycles. The Morgan fingerprint density at radius 2 is 2.10 bits per heavy atom. The first-order valence-electron chi connectivity index (χ1n) is 3.22. The van der Waals surface area contributed by atoms with Crippen molar-refractivity contribution in [2.75, 3.05) is 0 Å². The van der Waals surface area contributed by atoms with Crippen LogP contribution in [0.15, 0.2) is 47.3 Å². The minimum absolute atomic E-state index is 0.382. The van der Waals surface area contributed by atoms with Gasteiger partial charge in [-0.2, -0.15) is 0 Å². The molecule has 2 rings (SSSR count). The van der Waals surface area contributed by atoms with Gasteiger partial charge in [0.2, 0.25) is 0 Å². The van der Waals surface area contributed by atoms with Crippen molar-refractivity contribution < 1.29 is 5.11 Å². The molecule has 0 saturated carbocycles. The van der Waals surface area contributed by atoms with Gasteiger partial charge in [0.05, 0.1) is 0 Å². The maximum absolute atomic E-state index is 9.21. The summed E-state index contributed by atoms with van der Waals surface area (Å²) in [7, 11) is 0. The van der Waals surface area contributed by atoms with Crippen molar-refractivity contribution in [1.82, 2.24) is 0 Å². The van der Waals surface area contributed by atoms with Gasteiger partial charge in [0, 0.05) is 12.0 Å². The van der Waals surface area contributed by atoms with Gasteiger partial charge in [0.15, 0.2) is 0 Å². The molecular weight excluding hydrogens is 124 g/mol. The molecule has 0 bridgehead atoms. The molecule has 0 radical (unpaired) electrons. The first-order chi connectivity index (χ1) is 4.70. The molecule has 0 aromatic carbocycles. The highest BCUT2D eigenvalue weighted by Crippen LogP contribution is 2.45. The van der Waals surface area contributed by atoms with Crippen LogP contribution in [0.1, 0.15) is 6.42 Å². The van der Waals surface area contributed by atoms with E-state index in [9.17, 15) is 5.11 Å². The lowest BCUT2D eigenvalue weighted by atomic mass is 9.84. The number of aliphatic hydroxyl groups is 1. The third kappa shape index (κ3) is 0.433. The summed E-state index contributed by atoms with van der Waals surface area (Å²) in [5.41, 5.74) is 4.11. The van der Waals surface area contributed by atoms with Crippen molar-refractivity contribution in [1.29, 1.82) is 0 Å². The van der Waals surface area contributed by atoms with E-state index in [1.165, 1.54) is 0 Å². The average molecular weight is 132 g/mol. The van der Waals surface area contributed by atoms with Gasteiger partial charge >= 0.3 is 0 Å². The maximum Gasteiger partial charge on any atom is 0.120 e. The molecule has 0 atom stereocenters. The molecule has 50 valence electrons. The second-order valence-electron chi connectivity index (χ2n) is 2.69. The molecule has 0 aliphatic heterocycles. The van der Waals surface area contributed by atoms with E-state index in [-0.39, 0.29) is 0 Å². The predicted octanol–water partition coefficient (Wildman–Crippen LogP) is 2.25. The van der Waals surface area contributed by atoms with Crippen LogP contribution in [-0.2, 0) is 0 Å². The molecule has 0 heterocycles. The molecule has 0 amide bonds. The van der Waals surface area contributed by atoms with Gasteiger partial charge in [-0.25, -0.2) is 0 Å². The highest BCUT2D eigenvalue weighted by Gasteiger charge is 2.30. The van der Waals surface area contributed by atoms with Crippen molar-refractivity contribution >= 4 is 0 Å². The Labute approximate surface area is 59.7 Å². The lowest BCUT2D eigenvalue weighted by Gasteiger charge is -2.20. The Balaban J connectivity index is 2.56. The Morgan fingerprint density at radius 3 is 2.50 bits per heavy atom. The Kier molecular flexibility index (Phi) is 0.791. The molecule has 0 aromatic heterocycles. The number of aliphatic hydroxyl groups excluding tert-OH is 1. The highest BCUT2D eigenvalue weighted by molar-refractivity contribution is 5.70. The average Bonchev–Trinajstić information content (AvgIpc) is 2.01. The SMILES string of the molecule is C=C1C=C(O)C2=C1C(=C)C2. The van der Waals surface area contributed by atoms with Gasteiger partial charge in [0.25, 0.3) is 0 Å². The largest absolute Gasteiger partial charge is 0.508 e. The topological polar surface area (TPSA) is 20.2 Å². The van der Waals surface area contributed by atoms with Crippen LogP contribution < -0.4 is 0 Å². The lowest BCUT2D eigenvalue weighted by Crippen LogP contribution is -2.04. The summed E-state index contributed by atoms with van der Waals surface area (Å²) in [6.07, 6.45) is 2.53. The van der Waals surface area contributed by atoms with Gasteiger partial charge in [-0.15, -0.1) is 0 Å². The number of hydrogen-bond acceptors (Lipinski definition) is 1. The van der Waals surface area contributed by atoms with Gasteiger partial charge in [0.1, 0.15) is 5.76 Å². The minimum atomic E-state index is 0.382. The first kappa shape index (κ1) is 5.54. The Morgan fingerprint density at radius 1 is 1.40 bits per heavy atom. The van der Waals surface area contributed by atoms with Crippen LogP contribution >= 0.6 is 0 Å². The highest BCUT2D eigenvalue weighted by atomic mass is 16.3. The summed E-state index contributed by atoms with van der Waals surface area (Å²) in [4.78, 5) is 0. The number of rotatable bonds is 0. The number of hydrogen-bond donors (Lipinski definition) is 1. The van der Waals surface area contributed by atoms with Crippen LogP contribution in [0.25, 0.3) is 0 Å². The summed E-state index contributed by atoms with van der Waals surface area (Å²) in [5, 5.41) is 9.21. The van der Waals surface area contributed by atoms with E-state index in [0.29, 0.717) is 5.76 Å². The lowest BCUT2D eigenvalue weighted by molar-refractivity contribution is 0.420. The second kappa shape index (κ2) is 1.43. The molecule has 2 aliphatic rings. The Hall–Kier alpha value is -1.24. The monoisotopic (exact) mass is 132 g/mol. The van der Waals surface area contributed by atoms with E-state index in [0.717, 1.165) is 28.7 Å². The molecule has 0 spiro atoms. The molecular formula is C9H8O. The van der Waals surface area contributed by atoms with Crippen molar-refractivity contribution in [2.24, 2.45) is 0 Å². The van der Waals surface area contributed by atoms with Crippen LogP contribution in [0.2, 0.25) is 0 Å². The Bertz CT molecular complexity index is 303. The number of allylic oxidation sites excluding steroid dienone is 5. The fourth-order valence-electron chi connectivity index (χ4n) is 1.46. The third-order valence-electron chi connectivity index (χ3n) is 1.99. The zero-order valence-electron chi connectivity index (χ0n) is 5.65. The zero-order valence-corrected chi connectivity index (χ0v) is 5.65. The van der Waals surface area contributed by atoms with E-state index in [2.05, 4.69) is 13.2 Å². The molecule has 1 nitrogen and oxygen atoms in total. The quantitative estimate of drug-likeness (QED) is 0.536. The molecule has 0 aromatic rings. The fourth-order valence-corrected chi connectivity index (χ4v) is 1.46. The fraction of sp³-hybridized carbons (Fsp3) is 0.111. The first-order valence-corrected chi connectivity index (χ1v) is 3.22. The normalized spacial score (nSPS) is 22.6. The predicted molar refractivity (Wildman–Crippen MR) is 40.6 cm³/mol. The van der Waals surface area contributed by atoms with Crippen molar-refractivity contribution in [3.8, 4) is 0 Å². The van der Waals surface area contributed by atoms with Crippen LogP contribution in [0.4, 0.5) is 0 Å². The summed E-state index contributed by atoms with van der Waals surface area (Å²) < 4.78 is 0. The minimum Gasteiger partial charge on any atom is -0.508 e. The van der Waals surface area contributed by atoms with Gasteiger partial charge in [-0.3, -0.25) is 0 Å². The summed E-state index contributed by atoms with van der Waals surface area (Å²) in [6, 6.07) is 0.